The first-order valence-corrected chi connectivity index (χ1v) is 6.69. The molecule has 0 amide bonds. The average Bonchev–Trinajstić information content (AvgIpc) is 2.21. The summed E-state index contributed by atoms with van der Waals surface area (Å²) in [5.41, 5.74) is 0.650. The molecule has 0 aliphatic rings. The fourth-order valence-electron chi connectivity index (χ4n) is 1.10. The third-order valence-electron chi connectivity index (χ3n) is 1.79. The highest BCUT2D eigenvalue weighted by molar-refractivity contribution is 9.10. The molecule has 1 aromatic carbocycles. The van der Waals surface area contributed by atoms with Crippen LogP contribution in [0.25, 0.3) is 0 Å². The van der Waals surface area contributed by atoms with Crippen LogP contribution in [0.1, 0.15) is 6.42 Å². The Kier molecular flexibility index (Phi) is 5.60. The number of nitrogens with zero attached hydrogens (tertiary/aromatic N) is 1. The number of rotatable bonds is 5. The van der Waals surface area contributed by atoms with Crippen LogP contribution in [0.2, 0.25) is 0 Å². The Morgan fingerprint density at radius 2 is 2.00 bits per heavy atom. The topological polar surface area (TPSA) is 43.4 Å². The van der Waals surface area contributed by atoms with Crippen molar-refractivity contribution >= 4 is 44.5 Å². The van der Waals surface area contributed by atoms with Gasteiger partial charge in [-0.2, -0.15) is 0 Å². The maximum atomic E-state index is 11.0. The zero-order valence-electron chi connectivity index (χ0n) is 7.86. The van der Waals surface area contributed by atoms with Crippen molar-refractivity contribution in [2.45, 2.75) is 6.42 Å². The Morgan fingerprint density at radius 1 is 1.40 bits per heavy atom. The molecule has 84 valence electrons. The molecular weight excluding hydrogens is 302 g/mol. The zero-order valence-corrected chi connectivity index (χ0v) is 11.0. The second-order valence-electron chi connectivity index (χ2n) is 2.84. The summed E-state index contributed by atoms with van der Waals surface area (Å²) < 4.78 is 24.1. The van der Waals surface area contributed by atoms with E-state index in [4.69, 9.17) is 11.6 Å². The Bertz CT molecular complexity index is 333. The van der Waals surface area contributed by atoms with E-state index in [1.165, 1.54) is 4.31 Å². The van der Waals surface area contributed by atoms with Crippen molar-refractivity contribution in [2.24, 2.45) is 0 Å². The molecule has 0 heterocycles. The fraction of sp³-hybridized carbons (Fsp3) is 0.333. The van der Waals surface area contributed by atoms with Crippen LogP contribution in [-0.2, 0) is 11.3 Å². The van der Waals surface area contributed by atoms with E-state index in [0.717, 1.165) is 4.47 Å². The van der Waals surface area contributed by atoms with Gasteiger partial charge in [0.1, 0.15) is 0 Å². The number of hydrogen-bond acceptors (Lipinski definition) is 2. The van der Waals surface area contributed by atoms with Gasteiger partial charge in [-0.3, -0.25) is 4.21 Å². The molecular formula is C9H10BrClNO2S-. The lowest BCUT2D eigenvalue weighted by atomic mass is 10.3. The first-order chi connectivity index (χ1) is 7.15. The second-order valence-corrected chi connectivity index (χ2v) is 5.01. The maximum Gasteiger partial charge on any atom is 0.0483 e. The normalized spacial score (nSPS) is 12.5. The summed E-state index contributed by atoms with van der Waals surface area (Å²) in [6.45, 7) is 0.404. The van der Waals surface area contributed by atoms with Crippen molar-refractivity contribution < 1.29 is 8.76 Å². The molecule has 0 fully saturated rings. The van der Waals surface area contributed by atoms with Crippen LogP contribution in [0.5, 0.6) is 0 Å². The zero-order chi connectivity index (χ0) is 11.3. The minimum absolute atomic E-state index is 0.404. The van der Waals surface area contributed by atoms with Gasteiger partial charge >= 0.3 is 0 Å². The van der Waals surface area contributed by atoms with Crippen molar-refractivity contribution in [3.63, 3.8) is 0 Å². The molecule has 1 rings (SSSR count). The van der Waals surface area contributed by atoms with Crippen LogP contribution in [0, 0.1) is 0 Å². The van der Waals surface area contributed by atoms with E-state index in [0.29, 0.717) is 24.5 Å². The molecule has 6 heteroatoms. The van der Waals surface area contributed by atoms with Gasteiger partial charge in [-0.05, 0) is 30.7 Å². The summed E-state index contributed by atoms with van der Waals surface area (Å²) in [5, 5.41) is 0. The number of benzene rings is 1. The van der Waals surface area contributed by atoms with Crippen molar-refractivity contribution in [3.05, 3.63) is 28.7 Å². The van der Waals surface area contributed by atoms with Gasteiger partial charge in [0.15, 0.2) is 0 Å². The van der Waals surface area contributed by atoms with Crippen LogP contribution < -0.4 is 4.31 Å². The average molecular weight is 312 g/mol. The summed E-state index contributed by atoms with van der Waals surface area (Å²) in [6.07, 6.45) is 0.631. The lowest BCUT2D eigenvalue weighted by Gasteiger charge is -2.26. The molecule has 1 aromatic rings. The molecule has 15 heavy (non-hydrogen) atoms. The van der Waals surface area contributed by atoms with Gasteiger partial charge in [0.2, 0.25) is 0 Å². The minimum Gasteiger partial charge on any atom is -0.755 e. The molecule has 0 saturated carbocycles. The van der Waals surface area contributed by atoms with Gasteiger partial charge in [-0.15, -0.1) is 11.6 Å². The Morgan fingerprint density at radius 3 is 2.47 bits per heavy atom. The Labute approximate surface area is 105 Å². The second kappa shape index (κ2) is 6.48. The van der Waals surface area contributed by atoms with Crippen molar-refractivity contribution in [1.29, 1.82) is 0 Å². The highest BCUT2D eigenvalue weighted by Gasteiger charge is 2.05. The largest absolute Gasteiger partial charge is 0.755 e. The highest BCUT2D eigenvalue weighted by atomic mass is 79.9. The van der Waals surface area contributed by atoms with Crippen LogP contribution in [0.4, 0.5) is 5.69 Å². The maximum absolute atomic E-state index is 11.0. The highest BCUT2D eigenvalue weighted by Crippen LogP contribution is 2.19. The smallest absolute Gasteiger partial charge is 0.0483 e. The molecule has 0 spiro atoms. The van der Waals surface area contributed by atoms with Gasteiger partial charge < -0.3 is 8.86 Å². The van der Waals surface area contributed by atoms with Crippen LogP contribution in [0.15, 0.2) is 28.7 Å². The lowest BCUT2D eigenvalue weighted by Crippen LogP contribution is -2.26. The molecule has 0 bridgehead atoms. The number of hydrogen-bond donors (Lipinski definition) is 0. The summed E-state index contributed by atoms with van der Waals surface area (Å²) in [7, 11) is 0. The molecule has 0 aromatic heterocycles. The van der Waals surface area contributed by atoms with E-state index in [9.17, 15) is 8.76 Å². The predicted octanol–water partition coefficient (Wildman–Crippen LogP) is 2.68. The third kappa shape index (κ3) is 4.10. The summed E-state index contributed by atoms with van der Waals surface area (Å²) >= 11 is 6.57. The van der Waals surface area contributed by atoms with Crippen molar-refractivity contribution in [2.75, 3.05) is 16.7 Å². The first kappa shape index (κ1) is 13.0. The molecule has 0 radical (unpaired) electrons. The van der Waals surface area contributed by atoms with Crippen LogP contribution in [0.3, 0.4) is 0 Å². The molecule has 3 nitrogen and oxygen atoms in total. The van der Waals surface area contributed by atoms with Gasteiger partial charge in [-0.1, -0.05) is 15.9 Å². The van der Waals surface area contributed by atoms with E-state index < -0.39 is 11.3 Å². The van der Waals surface area contributed by atoms with Crippen molar-refractivity contribution in [1.82, 2.24) is 0 Å². The molecule has 0 aliphatic heterocycles. The Hall–Kier alpha value is -0.100. The number of alkyl halides is 1. The third-order valence-corrected chi connectivity index (χ3v) is 3.34. The Balaban J connectivity index is 2.79. The van der Waals surface area contributed by atoms with Gasteiger partial charge in [-0.25, -0.2) is 0 Å². The van der Waals surface area contributed by atoms with E-state index in [1.807, 2.05) is 0 Å². The van der Waals surface area contributed by atoms with E-state index in [2.05, 4.69) is 15.9 Å². The standard InChI is InChI=1S/C9H11BrClNO2S/c10-8-2-4-9(5-3-8)12(15(13)14)7-1-6-11/h2-5H,1,6-7H2,(H,13,14)/p-1. The number of halogens is 2. The quantitative estimate of drug-likeness (QED) is 0.620. The molecule has 0 N–H and O–H groups in total. The van der Waals surface area contributed by atoms with E-state index in [1.54, 1.807) is 24.3 Å². The number of anilines is 1. The molecule has 0 aliphatic carbocycles. The minimum atomic E-state index is -2.25. The van der Waals surface area contributed by atoms with Gasteiger partial charge in [0.25, 0.3) is 0 Å². The van der Waals surface area contributed by atoms with Crippen LogP contribution >= 0.6 is 27.5 Å². The summed E-state index contributed by atoms with van der Waals surface area (Å²) in [6, 6.07) is 7.09. The predicted molar refractivity (Wildman–Crippen MR) is 65.7 cm³/mol. The molecule has 1 unspecified atom stereocenters. The van der Waals surface area contributed by atoms with Crippen LogP contribution in [-0.4, -0.2) is 21.2 Å². The SMILES string of the molecule is O=S([O-])N(CCCCl)c1ccc(Br)cc1. The van der Waals surface area contributed by atoms with E-state index >= 15 is 0 Å². The molecule has 0 saturated heterocycles. The molecule has 1 atom stereocenters. The first-order valence-electron chi connectivity index (χ1n) is 4.33. The van der Waals surface area contributed by atoms with Crippen molar-refractivity contribution in [3.8, 4) is 0 Å². The fourth-order valence-corrected chi connectivity index (χ4v) is 2.06. The summed E-state index contributed by atoms with van der Waals surface area (Å²) in [4.78, 5) is 0. The monoisotopic (exact) mass is 310 g/mol. The van der Waals surface area contributed by atoms with Gasteiger partial charge in [0.05, 0.1) is 0 Å². The van der Waals surface area contributed by atoms with E-state index in [-0.39, 0.29) is 0 Å². The lowest BCUT2D eigenvalue weighted by molar-refractivity contribution is 0.531. The van der Waals surface area contributed by atoms with Gasteiger partial charge in [0, 0.05) is 33.9 Å². The summed E-state index contributed by atoms with van der Waals surface area (Å²) in [5.74, 6) is 0.449.